The van der Waals surface area contributed by atoms with Gasteiger partial charge in [-0.25, -0.2) is 8.78 Å². The van der Waals surface area contributed by atoms with Crippen molar-refractivity contribution in [3.8, 4) is 17.2 Å². The molecule has 0 aliphatic rings. The highest BCUT2D eigenvalue weighted by Gasteiger charge is 2.12. The first-order valence-electron chi connectivity index (χ1n) is 5.20. The van der Waals surface area contributed by atoms with Gasteiger partial charge in [0.05, 0.1) is 11.6 Å². The number of hydrogen-bond acceptors (Lipinski definition) is 1. The minimum Gasteiger partial charge on any atom is -0.207 e. The molecule has 2 rings (SSSR count). The Kier molecular flexibility index (Phi) is 3.73. The van der Waals surface area contributed by atoms with Gasteiger partial charge in [-0.05, 0) is 29.3 Å². The number of nitriles is 1. The zero-order valence-corrected chi connectivity index (χ0v) is 10.8. The van der Waals surface area contributed by atoms with E-state index in [1.54, 1.807) is 24.3 Å². The Hall–Kier alpha value is -1.73. The number of halogens is 3. The van der Waals surface area contributed by atoms with Crippen LogP contribution in [0.2, 0.25) is 0 Å². The van der Waals surface area contributed by atoms with E-state index in [1.807, 2.05) is 6.07 Å². The van der Waals surface area contributed by atoms with Gasteiger partial charge in [0.1, 0.15) is 11.6 Å². The molecule has 0 N–H and O–H groups in total. The molecule has 0 saturated heterocycles. The second-order valence-electron chi connectivity index (χ2n) is 3.71. The van der Waals surface area contributed by atoms with Gasteiger partial charge in [0.15, 0.2) is 0 Å². The van der Waals surface area contributed by atoms with Crippen LogP contribution in [-0.2, 0) is 5.33 Å². The minimum atomic E-state index is -0.616. The van der Waals surface area contributed by atoms with Crippen molar-refractivity contribution in [3.05, 3.63) is 59.2 Å². The van der Waals surface area contributed by atoms with Crippen LogP contribution >= 0.6 is 15.9 Å². The minimum absolute atomic E-state index is 0.00631. The lowest BCUT2D eigenvalue weighted by atomic mass is 9.99. The van der Waals surface area contributed by atoms with Crippen LogP contribution in [0, 0.1) is 23.0 Å². The number of nitrogens with zero attached hydrogens (tertiary/aromatic N) is 1. The summed E-state index contributed by atoms with van der Waals surface area (Å²) in [6.45, 7) is 0. The zero-order chi connectivity index (χ0) is 13.1. The lowest BCUT2D eigenvalue weighted by Gasteiger charge is -2.07. The maximum Gasteiger partial charge on any atom is 0.130 e. The summed E-state index contributed by atoms with van der Waals surface area (Å²) in [5.74, 6) is -1.23. The zero-order valence-electron chi connectivity index (χ0n) is 9.25. The predicted molar refractivity (Wildman–Crippen MR) is 69.1 cm³/mol. The molecule has 18 heavy (non-hydrogen) atoms. The second kappa shape index (κ2) is 5.28. The summed E-state index contributed by atoms with van der Waals surface area (Å²) in [7, 11) is 0. The third kappa shape index (κ3) is 2.27. The summed E-state index contributed by atoms with van der Waals surface area (Å²) in [5.41, 5.74) is 1.28. The van der Waals surface area contributed by atoms with E-state index < -0.39 is 11.6 Å². The molecule has 90 valence electrons. The quantitative estimate of drug-likeness (QED) is 0.754. The lowest BCUT2D eigenvalue weighted by molar-refractivity contribution is 0.567. The molecule has 0 bridgehead atoms. The van der Waals surface area contributed by atoms with Gasteiger partial charge in [0.2, 0.25) is 0 Å². The van der Waals surface area contributed by atoms with Crippen LogP contribution in [0.3, 0.4) is 0 Å². The molecule has 0 spiro atoms. The molecule has 2 aromatic carbocycles. The van der Waals surface area contributed by atoms with Crippen LogP contribution < -0.4 is 0 Å². The first kappa shape index (κ1) is 12.7. The summed E-state index contributed by atoms with van der Waals surface area (Å²) in [6, 6.07) is 11.2. The van der Waals surface area contributed by atoms with Gasteiger partial charge >= 0.3 is 0 Å². The first-order chi connectivity index (χ1) is 8.67. The molecule has 0 saturated carbocycles. The summed E-state index contributed by atoms with van der Waals surface area (Å²) >= 11 is 3.04. The Labute approximate surface area is 112 Å². The fourth-order valence-corrected chi connectivity index (χ4v) is 2.25. The van der Waals surface area contributed by atoms with Crippen LogP contribution in [0.4, 0.5) is 8.78 Å². The fourth-order valence-electron chi connectivity index (χ4n) is 1.72. The summed E-state index contributed by atoms with van der Waals surface area (Å²) in [5, 5.41) is 9.09. The Morgan fingerprint density at radius 2 is 1.72 bits per heavy atom. The van der Waals surface area contributed by atoms with Crippen molar-refractivity contribution in [2.24, 2.45) is 0 Å². The van der Waals surface area contributed by atoms with E-state index in [0.717, 1.165) is 0 Å². The van der Waals surface area contributed by atoms with Gasteiger partial charge in [-0.3, -0.25) is 0 Å². The molecule has 0 fully saturated rings. The SMILES string of the molecule is N#Cc1ccccc1-c1cc(F)c(CBr)c(F)c1. The molecule has 0 aliphatic heterocycles. The summed E-state index contributed by atoms with van der Waals surface area (Å²) in [6.07, 6.45) is 0. The van der Waals surface area contributed by atoms with Gasteiger partial charge in [0.25, 0.3) is 0 Å². The molecular weight excluding hydrogens is 300 g/mol. The van der Waals surface area contributed by atoms with Crippen molar-refractivity contribution < 1.29 is 8.78 Å². The standard InChI is InChI=1S/C14H8BrF2N/c15-7-12-13(16)5-10(6-14(12)17)11-4-2-1-3-9(11)8-18/h1-6H,7H2. The summed E-state index contributed by atoms with van der Waals surface area (Å²) < 4.78 is 27.4. The smallest absolute Gasteiger partial charge is 0.130 e. The van der Waals surface area contributed by atoms with Crippen molar-refractivity contribution in [2.45, 2.75) is 5.33 Å². The number of benzene rings is 2. The van der Waals surface area contributed by atoms with Gasteiger partial charge in [-0.15, -0.1) is 0 Å². The van der Waals surface area contributed by atoms with Gasteiger partial charge in [-0.2, -0.15) is 5.26 Å². The molecule has 2 aromatic rings. The van der Waals surface area contributed by atoms with E-state index >= 15 is 0 Å². The Bertz CT molecular complexity index is 609. The van der Waals surface area contributed by atoms with Gasteiger partial charge in [0, 0.05) is 10.9 Å². The molecule has 0 aliphatic carbocycles. The van der Waals surface area contributed by atoms with E-state index in [2.05, 4.69) is 15.9 Å². The third-order valence-corrected chi connectivity index (χ3v) is 3.19. The second-order valence-corrected chi connectivity index (χ2v) is 4.27. The van der Waals surface area contributed by atoms with Crippen molar-refractivity contribution >= 4 is 15.9 Å². The normalized spacial score (nSPS) is 10.1. The van der Waals surface area contributed by atoms with Crippen LogP contribution in [-0.4, -0.2) is 0 Å². The highest BCUT2D eigenvalue weighted by molar-refractivity contribution is 9.08. The molecular formula is C14H8BrF2N. The van der Waals surface area contributed by atoms with E-state index in [-0.39, 0.29) is 10.9 Å². The van der Waals surface area contributed by atoms with E-state index in [0.29, 0.717) is 16.7 Å². The highest BCUT2D eigenvalue weighted by Crippen LogP contribution is 2.27. The average Bonchev–Trinajstić information content (AvgIpc) is 2.38. The van der Waals surface area contributed by atoms with Gasteiger partial charge < -0.3 is 0 Å². The maximum atomic E-state index is 13.7. The fraction of sp³-hybridized carbons (Fsp3) is 0.0714. The maximum absolute atomic E-state index is 13.7. The lowest BCUT2D eigenvalue weighted by Crippen LogP contribution is -1.94. The molecule has 0 amide bonds. The van der Waals surface area contributed by atoms with Crippen molar-refractivity contribution in [2.75, 3.05) is 0 Å². The van der Waals surface area contributed by atoms with Crippen molar-refractivity contribution in [1.29, 1.82) is 5.26 Å². The average molecular weight is 308 g/mol. The Balaban J connectivity index is 2.63. The number of alkyl halides is 1. The van der Waals surface area contributed by atoms with E-state index in [4.69, 9.17) is 5.26 Å². The molecule has 1 nitrogen and oxygen atoms in total. The van der Waals surface area contributed by atoms with Crippen LogP contribution in [0.25, 0.3) is 11.1 Å². The van der Waals surface area contributed by atoms with E-state index in [1.165, 1.54) is 12.1 Å². The molecule has 0 atom stereocenters. The predicted octanol–water partition coefficient (Wildman–Crippen LogP) is 4.40. The van der Waals surface area contributed by atoms with Gasteiger partial charge in [-0.1, -0.05) is 34.1 Å². The number of rotatable bonds is 2. The molecule has 0 aromatic heterocycles. The highest BCUT2D eigenvalue weighted by atomic mass is 79.9. The Morgan fingerprint density at radius 1 is 1.11 bits per heavy atom. The summed E-state index contributed by atoms with van der Waals surface area (Å²) in [4.78, 5) is 0. The largest absolute Gasteiger partial charge is 0.207 e. The van der Waals surface area contributed by atoms with Crippen LogP contribution in [0.1, 0.15) is 11.1 Å². The third-order valence-electron chi connectivity index (χ3n) is 2.63. The molecule has 0 radical (unpaired) electrons. The monoisotopic (exact) mass is 307 g/mol. The molecule has 4 heteroatoms. The van der Waals surface area contributed by atoms with E-state index in [9.17, 15) is 8.78 Å². The molecule has 0 unspecified atom stereocenters. The Morgan fingerprint density at radius 3 is 2.28 bits per heavy atom. The van der Waals surface area contributed by atoms with Crippen molar-refractivity contribution in [3.63, 3.8) is 0 Å². The first-order valence-corrected chi connectivity index (χ1v) is 6.33. The topological polar surface area (TPSA) is 23.8 Å². The number of hydrogen-bond donors (Lipinski definition) is 0. The molecule has 0 heterocycles. The van der Waals surface area contributed by atoms with Crippen molar-refractivity contribution in [1.82, 2.24) is 0 Å². The van der Waals surface area contributed by atoms with Crippen LogP contribution in [0.5, 0.6) is 0 Å². The van der Waals surface area contributed by atoms with Crippen LogP contribution in [0.15, 0.2) is 36.4 Å².